The molecule has 1 aromatic heterocycles. The van der Waals surface area contributed by atoms with E-state index in [1.165, 1.54) is 17.3 Å². The van der Waals surface area contributed by atoms with Crippen molar-refractivity contribution in [3.8, 4) is 0 Å². The number of aromatic amines is 1. The maximum atomic E-state index is 12.6. The second-order valence-corrected chi connectivity index (χ2v) is 8.53. The number of aromatic nitrogens is 2. The van der Waals surface area contributed by atoms with Gasteiger partial charge in [-0.15, -0.1) is 0 Å². The minimum absolute atomic E-state index is 0.0175. The molecule has 8 heteroatoms. The van der Waals surface area contributed by atoms with E-state index in [9.17, 15) is 14.4 Å². The molecule has 0 bridgehead atoms. The van der Waals surface area contributed by atoms with E-state index >= 15 is 0 Å². The second-order valence-electron chi connectivity index (χ2n) is 7.74. The molecule has 0 unspecified atom stereocenters. The molecule has 1 fully saturated rings. The Kier molecular flexibility index (Phi) is 8.28. The number of piperazine rings is 1. The van der Waals surface area contributed by atoms with Gasteiger partial charge in [-0.05, 0) is 38.0 Å². The van der Waals surface area contributed by atoms with Gasteiger partial charge in [0.15, 0.2) is 5.16 Å². The van der Waals surface area contributed by atoms with E-state index in [4.69, 9.17) is 0 Å². The summed E-state index contributed by atoms with van der Waals surface area (Å²) in [6.45, 7) is 4.03. The summed E-state index contributed by atoms with van der Waals surface area (Å²) in [7, 11) is 0. The van der Waals surface area contributed by atoms with Gasteiger partial charge in [0.1, 0.15) is 0 Å². The molecule has 0 saturated carbocycles. The van der Waals surface area contributed by atoms with Crippen LogP contribution >= 0.6 is 11.8 Å². The molecule has 1 N–H and O–H groups in total. The Bertz CT molecular complexity index is 953. The summed E-state index contributed by atoms with van der Waals surface area (Å²) < 4.78 is 0. The van der Waals surface area contributed by atoms with E-state index in [1.807, 2.05) is 29.4 Å². The van der Waals surface area contributed by atoms with Crippen LogP contribution in [0.5, 0.6) is 0 Å². The average molecular weight is 443 g/mol. The fourth-order valence-corrected chi connectivity index (χ4v) is 4.24. The van der Waals surface area contributed by atoms with Gasteiger partial charge in [-0.3, -0.25) is 14.4 Å². The Morgan fingerprint density at radius 2 is 1.61 bits per heavy atom. The number of rotatable bonds is 8. The van der Waals surface area contributed by atoms with Crippen LogP contribution in [-0.2, 0) is 22.4 Å². The number of nitrogens with one attached hydrogen (secondary N) is 1. The van der Waals surface area contributed by atoms with Crippen LogP contribution in [0, 0.1) is 6.92 Å². The number of carbonyl (C=O) groups excluding carboxylic acids is 2. The van der Waals surface area contributed by atoms with E-state index in [2.05, 4.69) is 22.1 Å². The van der Waals surface area contributed by atoms with Crippen molar-refractivity contribution in [3.05, 3.63) is 57.5 Å². The van der Waals surface area contributed by atoms with E-state index in [-0.39, 0.29) is 23.8 Å². The number of carbonyl (C=O) groups is 2. The van der Waals surface area contributed by atoms with Crippen molar-refractivity contribution >= 4 is 23.6 Å². The van der Waals surface area contributed by atoms with Gasteiger partial charge < -0.3 is 14.8 Å². The first-order valence-corrected chi connectivity index (χ1v) is 11.9. The van der Waals surface area contributed by atoms with Crippen LogP contribution < -0.4 is 5.56 Å². The summed E-state index contributed by atoms with van der Waals surface area (Å²) in [4.78, 5) is 48.1. The summed E-state index contributed by atoms with van der Waals surface area (Å²) >= 11 is 1.38. The largest absolute Gasteiger partial charge is 0.339 e. The molecule has 0 atom stereocenters. The topological polar surface area (TPSA) is 86.4 Å². The van der Waals surface area contributed by atoms with Crippen molar-refractivity contribution in [1.82, 2.24) is 19.8 Å². The van der Waals surface area contributed by atoms with Crippen molar-refractivity contribution < 1.29 is 9.59 Å². The summed E-state index contributed by atoms with van der Waals surface area (Å²) in [6, 6.07) is 10.2. The highest BCUT2D eigenvalue weighted by Crippen LogP contribution is 2.12. The van der Waals surface area contributed by atoms with Gasteiger partial charge >= 0.3 is 0 Å². The first-order chi connectivity index (χ1) is 15.0. The minimum atomic E-state index is -0.171. The number of hydrogen-bond acceptors (Lipinski definition) is 5. The first-order valence-electron chi connectivity index (χ1n) is 10.7. The van der Waals surface area contributed by atoms with Crippen molar-refractivity contribution in [2.24, 2.45) is 0 Å². The minimum Gasteiger partial charge on any atom is -0.339 e. The zero-order valence-corrected chi connectivity index (χ0v) is 19.0. The summed E-state index contributed by atoms with van der Waals surface area (Å²) in [6.07, 6.45) is 4.77. The lowest BCUT2D eigenvalue weighted by molar-refractivity contribution is -0.139. The Balaban J connectivity index is 1.41. The van der Waals surface area contributed by atoms with Gasteiger partial charge in [-0.25, -0.2) is 4.98 Å². The standard InChI is InChI=1S/C23H30N4O3S/c1-17-19(22(30)25-23(24-17)31-2)11-12-21(29)27-15-13-26(14-16-27)20(28)10-6-9-18-7-4-3-5-8-18/h3-5,7-8H,6,9-16H2,1-2H3,(H,24,25,30). The van der Waals surface area contributed by atoms with Gasteiger partial charge in [0.25, 0.3) is 5.56 Å². The lowest BCUT2D eigenvalue weighted by Gasteiger charge is -2.35. The van der Waals surface area contributed by atoms with E-state index in [1.54, 1.807) is 11.8 Å². The molecular weight excluding hydrogens is 412 g/mol. The normalized spacial score (nSPS) is 14.0. The molecule has 1 aliphatic rings. The van der Waals surface area contributed by atoms with E-state index in [0.29, 0.717) is 55.4 Å². The Morgan fingerprint density at radius 3 is 2.19 bits per heavy atom. The van der Waals surface area contributed by atoms with Crippen LogP contribution in [0.1, 0.15) is 36.1 Å². The molecule has 0 aliphatic carbocycles. The summed E-state index contributed by atoms with van der Waals surface area (Å²) in [5.74, 6) is 0.175. The monoisotopic (exact) mass is 442 g/mol. The van der Waals surface area contributed by atoms with Gasteiger partial charge in [-0.2, -0.15) is 0 Å². The molecule has 2 heterocycles. The molecule has 1 saturated heterocycles. The molecule has 1 aliphatic heterocycles. The Hall–Kier alpha value is -2.61. The third-order valence-electron chi connectivity index (χ3n) is 5.67. The third-order valence-corrected chi connectivity index (χ3v) is 6.25. The maximum absolute atomic E-state index is 12.6. The van der Waals surface area contributed by atoms with Crippen LogP contribution in [0.25, 0.3) is 0 Å². The maximum Gasteiger partial charge on any atom is 0.254 e. The fourth-order valence-electron chi connectivity index (χ4n) is 3.82. The fraction of sp³-hybridized carbons (Fsp3) is 0.478. The predicted octanol–water partition coefficient (Wildman–Crippen LogP) is 2.43. The molecule has 7 nitrogen and oxygen atoms in total. The van der Waals surface area contributed by atoms with Crippen molar-refractivity contribution in [2.45, 2.75) is 44.2 Å². The zero-order valence-electron chi connectivity index (χ0n) is 18.2. The van der Waals surface area contributed by atoms with Crippen LogP contribution in [0.4, 0.5) is 0 Å². The Morgan fingerprint density at radius 1 is 1.00 bits per heavy atom. The molecule has 2 aromatic rings. The zero-order chi connectivity index (χ0) is 22.2. The molecule has 31 heavy (non-hydrogen) atoms. The van der Waals surface area contributed by atoms with E-state index < -0.39 is 0 Å². The lowest BCUT2D eigenvalue weighted by atomic mass is 10.1. The van der Waals surface area contributed by atoms with Crippen LogP contribution in [0.3, 0.4) is 0 Å². The number of amides is 2. The van der Waals surface area contributed by atoms with E-state index in [0.717, 1.165) is 12.8 Å². The lowest BCUT2D eigenvalue weighted by Crippen LogP contribution is -2.50. The van der Waals surface area contributed by atoms with Crippen molar-refractivity contribution in [1.29, 1.82) is 0 Å². The predicted molar refractivity (Wildman–Crippen MR) is 122 cm³/mol. The summed E-state index contributed by atoms with van der Waals surface area (Å²) in [5, 5.41) is 0.585. The number of aryl methyl sites for hydroxylation is 2. The molecule has 166 valence electrons. The van der Waals surface area contributed by atoms with Crippen LogP contribution in [-0.4, -0.2) is 64.0 Å². The van der Waals surface area contributed by atoms with Gasteiger partial charge in [0.2, 0.25) is 11.8 Å². The molecule has 2 amide bonds. The third kappa shape index (κ3) is 6.43. The second kappa shape index (κ2) is 11.1. The molecule has 0 spiro atoms. The first kappa shape index (κ1) is 23.1. The highest BCUT2D eigenvalue weighted by atomic mass is 32.2. The number of thioether (sulfide) groups is 1. The number of nitrogens with zero attached hydrogens (tertiary/aromatic N) is 3. The van der Waals surface area contributed by atoms with Gasteiger partial charge in [0.05, 0.1) is 0 Å². The smallest absolute Gasteiger partial charge is 0.254 e. The van der Waals surface area contributed by atoms with Gasteiger partial charge in [0, 0.05) is 50.3 Å². The molecule has 1 aromatic carbocycles. The van der Waals surface area contributed by atoms with Crippen molar-refractivity contribution in [2.75, 3.05) is 32.4 Å². The van der Waals surface area contributed by atoms with Crippen LogP contribution in [0.2, 0.25) is 0 Å². The molecule has 3 rings (SSSR count). The average Bonchev–Trinajstić information content (AvgIpc) is 2.79. The van der Waals surface area contributed by atoms with Gasteiger partial charge in [-0.1, -0.05) is 42.1 Å². The molecule has 0 radical (unpaired) electrons. The number of H-pyrrole nitrogens is 1. The highest BCUT2D eigenvalue weighted by Gasteiger charge is 2.24. The Labute approximate surface area is 187 Å². The SMILES string of the molecule is CSc1nc(C)c(CCC(=O)N2CCN(C(=O)CCCc3ccccc3)CC2)c(=O)[nH]1. The number of hydrogen-bond donors (Lipinski definition) is 1. The number of benzene rings is 1. The molecular formula is C23H30N4O3S. The van der Waals surface area contributed by atoms with Crippen molar-refractivity contribution in [3.63, 3.8) is 0 Å². The summed E-state index contributed by atoms with van der Waals surface area (Å²) in [5.41, 5.74) is 2.32. The van der Waals surface area contributed by atoms with Crippen LogP contribution in [0.15, 0.2) is 40.3 Å². The highest BCUT2D eigenvalue weighted by molar-refractivity contribution is 7.98. The quantitative estimate of drug-likeness (QED) is 0.501.